The van der Waals surface area contributed by atoms with Gasteiger partial charge < -0.3 is 9.73 Å². The molecule has 3 rings (SSSR count). The molecule has 3 aromatic rings. The Balaban J connectivity index is 1.97. The first-order chi connectivity index (χ1) is 10.2. The van der Waals surface area contributed by atoms with Crippen LogP contribution in [0.3, 0.4) is 0 Å². The van der Waals surface area contributed by atoms with E-state index in [2.05, 4.69) is 17.4 Å². The summed E-state index contributed by atoms with van der Waals surface area (Å²) in [6.07, 6.45) is 1.68. The van der Waals surface area contributed by atoms with Gasteiger partial charge in [-0.2, -0.15) is 0 Å². The zero-order chi connectivity index (χ0) is 14.7. The quantitative estimate of drug-likeness (QED) is 0.693. The summed E-state index contributed by atoms with van der Waals surface area (Å²) >= 11 is 6.33. The highest BCUT2D eigenvalue weighted by molar-refractivity contribution is 6.33. The molecule has 0 aliphatic heterocycles. The van der Waals surface area contributed by atoms with Crippen LogP contribution in [0.4, 0.5) is 5.69 Å². The first-order valence-electron chi connectivity index (χ1n) is 6.85. The van der Waals surface area contributed by atoms with Gasteiger partial charge in [0.15, 0.2) is 0 Å². The maximum absolute atomic E-state index is 6.33. The molecule has 1 atom stereocenters. The van der Waals surface area contributed by atoms with Crippen molar-refractivity contribution in [2.45, 2.75) is 13.0 Å². The Labute approximate surface area is 129 Å². The Morgan fingerprint density at radius 2 is 1.81 bits per heavy atom. The molecule has 1 aromatic heterocycles. The Kier molecular flexibility index (Phi) is 3.98. The summed E-state index contributed by atoms with van der Waals surface area (Å²) < 4.78 is 5.58. The highest BCUT2D eigenvalue weighted by Crippen LogP contribution is 2.31. The number of aryl methyl sites for hydroxylation is 1. The van der Waals surface area contributed by atoms with E-state index in [0.717, 1.165) is 22.6 Å². The number of anilines is 1. The van der Waals surface area contributed by atoms with Crippen LogP contribution in [-0.2, 0) is 0 Å². The zero-order valence-corrected chi connectivity index (χ0v) is 12.5. The molecule has 0 aliphatic rings. The van der Waals surface area contributed by atoms with Crippen LogP contribution in [-0.4, -0.2) is 0 Å². The van der Waals surface area contributed by atoms with E-state index in [4.69, 9.17) is 16.0 Å². The Morgan fingerprint density at radius 1 is 1.00 bits per heavy atom. The van der Waals surface area contributed by atoms with Gasteiger partial charge in [0.2, 0.25) is 0 Å². The van der Waals surface area contributed by atoms with Crippen molar-refractivity contribution in [1.82, 2.24) is 0 Å². The van der Waals surface area contributed by atoms with Crippen molar-refractivity contribution >= 4 is 17.3 Å². The van der Waals surface area contributed by atoms with Gasteiger partial charge >= 0.3 is 0 Å². The molecular weight excluding hydrogens is 282 g/mol. The summed E-state index contributed by atoms with van der Waals surface area (Å²) in [5.74, 6) is 0.859. The van der Waals surface area contributed by atoms with E-state index < -0.39 is 0 Å². The van der Waals surface area contributed by atoms with E-state index in [-0.39, 0.29) is 6.04 Å². The van der Waals surface area contributed by atoms with E-state index >= 15 is 0 Å². The number of halogens is 1. The van der Waals surface area contributed by atoms with Gasteiger partial charge in [-0.05, 0) is 42.3 Å². The lowest BCUT2D eigenvalue weighted by Crippen LogP contribution is -2.11. The second-order valence-corrected chi connectivity index (χ2v) is 5.39. The molecule has 1 N–H and O–H groups in total. The van der Waals surface area contributed by atoms with Crippen LogP contribution < -0.4 is 5.32 Å². The number of benzene rings is 2. The third-order valence-corrected chi connectivity index (χ3v) is 3.70. The molecule has 0 amide bonds. The van der Waals surface area contributed by atoms with Crippen LogP contribution in [0.5, 0.6) is 0 Å². The molecule has 0 fully saturated rings. The van der Waals surface area contributed by atoms with Gasteiger partial charge in [-0.3, -0.25) is 0 Å². The maximum atomic E-state index is 6.33. The topological polar surface area (TPSA) is 25.2 Å². The van der Waals surface area contributed by atoms with Gasteiger partial charge in [-0.1, -0.05) is 48.0 Å². The lowest BCUT2D eigenvalue weighted by Gasteiger charge is -2.19. The molecule has 21 heavy (non-hydrogen) atoms. The van der Waals surface area contributed by atoms with Crippen molar-refractivity contribution in [3.05, 3.63) is 88.8 Å². The first kappa shape index (κ1) is 13.8. The molecule has 0 saturated carbocycles. The van der Waals surface area contributed by atoms with E-state index in [1.807, 2.05) is 55.5 Å². The lowest BCUT2D eigenvalue weighted by molar-refractivity contribution is 0.499. The fourth-order valence-electron chi connectivity index (χ4n) is 2.31. The monoisotopic (exact) mass is 297 g/mol. The minimum absolute atomic E-state index is 0.0681. The van der Waals surface area contributed by atoms with Crippen molar-refractivity contribution in [2.24, 2.45) is 0 Å². The van der Waals surface area contributed by atoms with E-state index in [9.17, 15) is 0 Å². The average molecular weight is 298 g/mol. The van der Waals surface area contributed by atoms with Crippen molar-refractivity contribution in [3.8, 4) is 0 Å². The number of furan rings is 1. The van der Waals surface area contributed by atoms with Gasteiger partial charge in [-0.25, -0.2) is 0 Å². The van der Waals surface area contributed by atoms with Crippen LogP contribution in [0.15, 0.2) is 71.3 Å². The molecule has 0 bridgehead atoms. The van der Waals surface area contributed by atoms with Crippen LogP contribution in [0.25, 0.3) is 0 Å². The van der Waals surface area contributed by atoms with Crippen LogP contribution in [0, 0.1) is 6.92 Å². The first-order valence-corrected chi connectivity index (χ1v) is 7.23. The molecule has 106 valence electrons. The molecule has 0 saturated heterocycles. The number of rotatable bonds is 4. The van der Waals surface area contributed by atoms with E-state index in [1.54, 1.807) is 6.26 Å². The fraction of sp³-hybridized carbons (Fsp3) is 0.111. The van der Waals surface area contributed by atoms with E-state index in [0.29, 0.717) is 5.02 Å². The summed E-state index contributed by atoms with van der Waals surface area (Å²) in [6, 6.07) is 20.0. The highest BCUT2D eigenvalue weighted by Gasteiger charge is 2.17. The second-order valence-electron chi connectivity index (χ2n) is 4.99. The summed E-state index contributed by atoms with van der Waals surface area (Å²) in [5.41, 5.74) is 3.16. The SMILES string of the molecule is Cc1ccc(NC(c2ccccc2)c2ccco2)c(Cl)c1. The van der Waals surface area contributed by atoms with Gasteiger partial charge in [0.05, 0.1) is 17.0 Å². The number of nitrogens with one attached hydrogen (secondary N) is 1. The fourth-order valence-corrected chi connectivity index (χ4v) is 2.60. The molecular formula is C18H16ClNO. The Bertz CT molecular complexity index is 707. The minimum atomic E-state index is -0.0681. The number of hydrogen-bond donors (Lipinski definition) is 1. The molecule has 3 heteroatoms. The minimum Gasteiger partial charge on any atom is -0.467 e. The predicted octanol–water partition coefficient (Wildman–Crippen LogP) is 5.44. The number of hydrogen-bond acceptors (Lipinski definition) is 2. The molecule has 0 aliphatic carbocycles. The lowest BCUT2D eigenvalue weighted by atomic mass is 10.0. The summed E-state index contributed by atoms with van der Waals surface area (Å²) in [7, 11) is 0. The van der Waals surface area contributed by atoms with Gasteiger partial charge in [-0.15, -0.1) is 0 Å². The third-order valence-electron chi connectivity index (χ3n) is 3.39. The molecule has 0 radical (unpaired) electrons. The van der Waals surface area contributed by atoms with Gasteiger partial charge in [0, 0.05) is 0 Å². The smallest absolute Gasteiger partial charge is 0.130 e. The normalized spacial score (nSPS) is 12.1. The second kappa shape index (κ2) is 6.06. The maximum Gasteiger partial charge on any atom is 0.130 e. The van der Waals surface area contributed by atoms with Crippen molar-refractivity contribution in [2.75, 3.05) is 5.32 Å². The Morgan fingerprint density at radius 3 is 2.48 bits per heavy atom. The van der Waals surface area contributed by atoms with Gasteiger partial charge in [0.1, 0.15) is 11.8 Å². The molecule has 2 nitrogen and oxygen atoms in total. The van der Waals surface area contributed by atoms with Crippen molar-refractivity contribution in [1.29, 1.82) is 0 Å². The molecule has 1 heterocycles. The van der Waals surface area contributed by atoms with Crippen LogP contribution in [0.1, 0.15) is 22.9 Å². The van der Waals surface area contributed by atoms with Crippen LogP contribution in [0.2, 0.25) is 5.02 Å². The molecule has 1 unspecified atom stereocenters. The standard InChI is InChI=1S/C18H16ClNO/c1-13-9-10-16(15(19)12-13)20-18(17-8-5-11-21-17)14-6-3-2-4-7-14/h2-12,18,20H,1H3. The summed E-state index contributed by atoms with van der Waals surface area (Å²) in [6.45, 7) is 2.02. The molecule has 0 spiro atoms. The predicted molar refractivity (Wildman–Crippen MR) is 86.8 cm³/mol. The van der Waals surface area contributed by atoms with Crippen LogP contribution >= 0.6 is 11.6 Å². The van der Waals surface area contributed by atoms with Crippen molar-refractivity contribution in [3.63, 3.8) is 0 Å². The van der Waals surface area contributed by atoms with Gasteiger partial charge in [0.25, 0.3) is 0 Å². The largest absolute Gasteiger partial charge is 0.467 e. The Hall–Kier alpha value is -2.19. The summed E-state index contributed by atoms with van der Waals surface area (Å²) in [4.78, 5) is 0. The van der Waals surface area contributed by atoms with Crippen molar-refractivity contribution < 1.29 is 4.42 Å². The summed E-state index contributed by atoms with van der Waals surface area (Å²) in [5, 5.41) is 4.18. The third kappa shape index (κ3) is 3.11. The average Bonchev–Trinajstić information content (AvgIpc) is 3.01. The zero-order valence-electron chi connectivity index (χ0n) is 11.7. The highest BCUT2D eigenvalue weighted by atomic mass is 35.5. The molecule has 2 aromatic carbocycles. The van der Waals surface area contributed by atoms with E-state index in [1.165, 1.54) is 0 Å².